The van der Waals surface area contributed by atoms with Crippen LogP contribution in [0.1, 0.15) is 143 Å². The first-order valence-electron chi connectivity index (χ1n) is 14.3. The molecule has 0 N–H and O–H groups in total. The summed E-state index contributed by atoms with van der Waals surface area (Å²) in [6, 6.07) is 1.16. The molecule has 0 unspecified atom stereocenters. The molecule has 0 amide bonds. The molecule has 0 aromatic rings. The molecule has 0 aromatic heterocycles. The molecule has 0 radical (unpaired) electrons. The van der Waals surface area contributed by atoms with E-state index in [1.165, 1.54) is 135 Å². The van der Waals surface area contributed by atoms with Gasteiger partial charge in [0.25, 0.3) is 0 Å². The third-order valence-electron chi connectivity index (χ3n) is 6.92. The van der Waals surface area contributed by atoms with E-state index in [9.17, 15) is 0 Å². The summed E-state index contributed by atoms with van der Waals surface area (Å²) in [5.41, 5.74) is 0. The molecule has 1 aliphatic rings. The standard InChI is InChI=1S/C27H57NO2Si/c1-4-7-8-9-10-11-12-13-14-15-16-17-18-19-20-21-22-23-25-28-26-24-27-31(28,29-5-2)30-6-3/h4-27H2,1-3H3. The van der Waals surface area contributed by atoms with Gasteiger partial charge in [0.2, 0.25) is 0 Å². The van der Waals surface area contributed by atoms with E-state index in [0.717, 1.165) is 19.3 Å². The van der Waals surface area contributed by atoms with Crippen molar-refractivity contribution in [2.24, 2.45) is 0 Å². The lowest BCUT2D eigenvalue weighted by molar-refractivity contribution is 0.135. The van der Waals surface area contributed by atoms with Crippen molar-refractivity contribution in [3.63, 3.8) is 0 Å². The van der Waals surface area contributed by atoms with Crippen LogP contribution in [0.5, 0.6) is 0 Å². The fraction of sp³-hybridized carbons (Fsp3) is 1.00. The lowest BCUT2D eigenvalue weighted by Crippen LogP contribution is -2.54. The SMILES string of the molecule is CCCCCCCCCCCCCCCCCCCCN1CCC[Si]1(OCC)OCC. The van der Waals surface area contributed by atoms with E-state index in [0.29, 0.717) is 0 Å². The van der Waals surface area contributed by atoms with E-state index < -0.39 is 8.72 Å². The van der Waals surface area contributed by atoms with Crippen LogP contribution in [0.25, 0.3) is 0 Å². The van der Waals surface area contributed by atoms with Crippen LogP contribution in [0.2, 0.25) is 6.04 Å². The van der Waals surface area contributed by atoms with Gasteiger partial charge in [0.05, 0.1) is 0 Å². The van der Waals surface area contributed by atoms with Gasteiger partial charge < -0.3 is 8.85 Å². The van der Waals surface area contributed by atoms with E-state index in [2.05, 4.69) is 25.3 Å². The van der Waals surface area contributed by atoms with Gasteiger partial charge in [0.15, 0.2) is 0 Å². The highest BCUT2D eigenvalue weighted by atomic mass is 28.4. The normalized spacial score (nSPS) is 16.4. The minimum atomic E-state index is -2.04. The van der Waals surface area contributed by atoms with Crippen LogP contribution >= 0.6 is 0 Å². The minimum Gasteiger partial charge on any atom is -0.383 e. The number of unbranched alkanes of at least 4 members (excludes halogenated alkanes) is 17. The fourth-order valence-electron chi connectivity index (χ4n) is 5.13. The predicted molar refractivity (Wildman–Crippen MR) is 139 cm³/mol. The van der Waals surface area contributed by atoms with E-state index >= 15 is 0 Å². The molecule has 0 aromatic carbocycles. The highest BCUT2D eigenvalue weighted by Gasteiger charge is 2.48. The van der Waals surface area contributed by atoms with Crippen LogP contribution in [0.3, 0.4) is 0 Å². The Kier molecular flexibility index (Phi) is 19.4. The average Bonchev–Trinajstić information content (AvgIpc) is 3.15. The maximum Gasteiger partial charge on any atom is 0.427 e. The summed E-state index contributed by atoms with van der Waals surface area (Å²) >= 11 is 0. The lowest BCUT2D eigenvalue weighted by atomic mass is 10.0. The number of hydrogen-bond acceptors (Lipinski definition) is 3. The molecule has 31 heavy (non-hydrogen) atoms. The Hall–Kier alpha value is 0.0969. The van der Waals surface area contributed by atoms with Crippen molar-refractivity contribution in [2.45, 2.75) is 149 Å². The fourth-order valence-corrected chi connectivity index (χ4v) is 8.69. The summed E-state index contributed by atoms with van der Waals surface area (Å²) in [6.45, 7) is 10.5. The first-order chi connectivity index (χ1) is 15.3. The van der Waals surface area contributed by atoms with Crippen molar-refractivity contribution < 1.29 is 8.85 Å². The minimum absolute atomic E-state index is 0.793. The smallest absolute Gasteiger partial charge is 0.383 e. The van der Waals surface area contributed by atoms with Gasteiger partial charge in [-0.2, -0.15) is 0 Å². The molecule has 4 heteroatoms. The average molecular weight is 456 g/mol. The van der Waals surface area contributed by atoms with Crippen molar-refractivity contribution in [3.8, 4) is 0 Å². The van der Waals surface area contributed by atoms with Crippen LogP contribution < -0.4 is 0 Å². The largest absolute Gasteiger partial charge is 0.427 e. The van der Waals surface area contributed by atoms with Gasteiger partial charge in [-0.1, -0.05) is 116 Å². The Morgan fingerprint density at radius 3 is 1.32 bits per heavy atom. The zero-order chi connectivity index (χ0) is 22.5. The Morgan fingerprint density at radius 2 is 0.935 bits per heavy atom. The molecular weight excluding hydrogens is 398 g/mol. The molecule has 0 aliphatic carbocycles. The van der Waals surface area contributed by atoms with Gasteiger partial charge in [0.1, 0.15) is 0 Å². The second-order valence-electron chi connectivity index (χ2n) is 9.68. The Labute approximate surface area is 197 Å². The summed E-state index contributed by atoms with van der Waals surface area (Å²) in [6.07, 6.45) is 27.2. The van der Waals surface area contributed by atoms with Crippen molar-refractivity contribution >= 4 is 8.72 Å². The van der Waals surface area contributed by atoms with Gasteiger partial charge in [-0.3, -0.25) is 4.57 Å². The molecule has 186 valence electrons. The molecule has 0 spiro atoms. The number of nitrogens with zero attached hydrogens (tertiary/aromatic N) is 1. The Balaban J connectivity index is 1.84. The van der Waals surface area contributed by atoms with Crippen molar-refractivity contribution in [1.29, 1.82) is 0 Å². The summed E-state index contributed by atoms with van der Waals surface area (Å²) in [5.74, 6) is 0. The Morgan fingerprint density at radius 1 is 0.548 bits per heavy atom. The second-order valence-corrected chi connectivity index (χ2v) is 12.8. The molecule has 1 saturated heterocycles. The lowest BCUT2D eigenvalue weighted by Gasteiger charge is -2.34. The maximum absolute atomic E-state index is 6.17. The second kappa shape index (κ2) is 20.7. The third-order valence-corrected chi connectivity index (χ3v) is 10.8. The number of hydrogen-bond donors (Lipinski definition) is 0. The van der Waals surface area contributed by atoms with Crippen LogP contribution in [-0.2, 0) is 8.85 Å². The molecule has 1 aliphatic heterocycles. The van der Waals surface area contributed by atoms with E-state index in [1.54, 1.807) is 0 Å². The topological polar surface area (TPSA) is 21.7 Å². The van der Waals surface area contributed by atoms with Crippen molar-refractivity contribution in [1.82, 2.24) is 4.57 Å². The van der Waals surface area contributed by atoms with Crippen LogP contribution in [0, 0.1) is 0 Å². The van der Waals surface area contributed by atoms with Crippen LogP contribution in [0.4, 0.5) is 0 Å². The maximum atomic E-state index is 6.17. The quantitative estimate of drug-likeness (QED) is 0.113. The molecule has 1 rings (SSSR count). The van der Waals surface area contributed by atoms with Gasteiger partial charge in [-0.15, -0.1) is 0 Å². The summed E-state index contributed by atoms with van der Waals surface area (Å²) < 4.78 is 14.9. The van der Waals surface area contributed by atoms with E-state index in [-0.39, 0.29) is 0 Å². The first-order valence-corrected chi connectivity index (χ1v) is 16.3. The number of rotatable bonds is 23. The van der Waals surface area contributed by atoms with Crippen molar-refractivity contribution in [2.75, 3.05) is 26.3 Å². The Bertz CT molecular complexity index is 374. The van der Waals surface area contributed by atoms with Gasteiger partial charge >= 0.3 is 8.72 Å². The molecular formula is C27H57NO2Si. The summed E-state index contributed by atoms with van der Waals surface area (Å²) in [5, 5.41) is 0. The summed E-state index contributed by atoms with van der Waals surface area (Å²) in [4.78, 5) is 0. The van der Waals surface area contributed by atoms with Crippen molar-refractivity contribution in [3.05, 3.63) is 0 Å². The zero-order valence-corrected chi connectivity index (χ0v) is 22.7. The molecule has 0 saturated carbocycles. The van der Waals surface area contributed by atoms with Crippen LogP contribution in [-0.4, -0.2) is 39.6 Å². The van der Waals surface area contributed by atoms with Gasteiger partial charge in [-0.25, -0.2) is 0 Å². The zero-order valence-electron chi connectivity index (χ0n) is 21.7. The monoisotopic (exact) mass is 455 g/mol. The first kappa shape index (κ1) is 29.1. The van der Waals surface area contributed by atoms with E-state index in [1.807, 2.05) is 0 Å². The highest BCUT2D eigenvalue weighted by molar-refractivity contribution is 6.65. The van der Waals surface area contributed by atoms with Gasteiger partial charge in [0, 0.05) is 19.3 Å². The summed E-state index contributed by atoms with van der Waals surface area (Å²) in [7, 11) is -2.04. The molecule has 0 atom stereocenters. The predicted octanol–water partition coefficient (Wildman–Crippen LogP) is 8.75. The van der Waals surface area contributed by atoms with Gasteiger partial charge in [-0.05, 0) is 39.8 Å². The van der Waals surface area contributed by atoms with E-state index in [4.69, 9.17) is 8.85 Å². The van der Waals surface area contributed by atoms with Crippen LogP contribution in [0.15, 0.2) is 0 Å². The highest BCUT2D eigenvalue weighted by Crippen LogP contribution is 2.28. The molecule has 1 fully saturated rings. The molecule has 0 bridgehead atoms. The molecule has 1 heterocycles. The third kappa shape index (κ3) is 14.1. The molecule has 3 nitrogen and oxygen atoms in total.